The molecule has 0 aliphatic heterocycles. The zero-order valence-corrected chi connectivity index (χ0v) is 24.2. The van der Waals surface area contributed by atoms with Crippen LogP contribution in [0.4, 0.5) is 0 Å². The highest BCUT2D eigenvalue weighted by Gasteiger charge is 2.29. The van der Waals surface area contributed by atoms with Crippen LogP contribution in [0.25, 0.3) is 10.9 Å². The predicted molar refractivity (Wildman–Crippen MR) is 156 cm³/mol. The molecule has 0 spiro atoms. The Kier molecular flexibility index (Phi) is 8.49. The number of tetrazole rings is 1. The zero-order chi connectivity index (χ0) is 28.2. The predicted octanol–water partition coefficient (Wildman–Crippen LogP) is 5.46. The third-order valence-corrected chi connectivity index (χ3v) is 8.34. The number of aromatic amines is 1. The van der Waals surface area contributed by atoms with Crippen LogP contribution < -0.4 is 15.0 Å². The minimum absolute atomic E-state index is 0.0375. The van der Waals surface area contributed by atoms with Gasteiger partial charge in [0.1, 0.15) is 0 Å². The lowest BCUT2D eigenvalue weighted by atomic mass is 10.0. The molecule has 2 aromatic heterocycles. The van der Waals surface area contributed by atoms with E-state index in [-0.39, 0.29) is 11.6 Å². The van der Waals surface area contributed by atoms with E-state index in [0.717, 1.165) is 71.2 Å². The van der Waals surface area contributed by atoms with Crippen LogP contribution in [0.5, 0.6) is 11.5 Å². The molecule has 0 radical (unpaired) electrons. The Hall–Kier alpha value is -3.72. The monoisotopic (exact) mass is 544 g/mol. The molecule has 1 saturated carbocycles. The second-order valence-electron chi connectivity index (χ2n) is 10.9. The smallest absolute Gasteiger partial charge is 0.252 e. The van der Waals surface area contributed by atoms with Crippen LogP contribution in [0.1, 0.15) is 79.2 Å². The Morgan fingerprint density at radius 2 is 1.80 bits per heavy atom. The van der Waals surface area contributed by atoms with E-state index in [1.165, 1.54) is 12.8 Å². The van der Waals surface area contributed by atoms with Crippen molar-refractivity contribution in [1.29, 1.82) is 0 Å². The van der Waals surface area contributed by atoms with Crippen molar-refractivity contribution < 1.29 is 9.47 Å². The maximum Gasteiger partial charge on any atom is 0.252 e. The van der Waals surface area contributed by atoms with Gasteiger partial charge in [-0.1, -0.05) is 38.0 Å². The van der Waals surface area contributed by atoms with E-state index in [0.29, 0.717) is 24.1 Å². The van der Waals surface area contributed by atoms with Crippen molar-refractivity contribution in [3.8, 4) is 11.5 Å². The number of fused-ring (bicyclic) bond motifs is 1. The molecule has 1 aliphatic carbocycles. The SMILES string of the molecule is CCC(c1nnnn1C1CCCC1)N(CCc1ccc(OC)c(OC)c1)Cc1cc2c(C)ccc(C)c2[nH]c1=O. The number of nitrogens with one attached hydrogen (secondary N) is 1. The minimum atomic E-state index is -0.0532. The Bertz CT molecular complexity index is 1520. The number of hydrogen-bond donors (Lipinski definition) is 1. The molecule has 1 atom stereocenters. The molecule has 40 heavy (non-hydrogen) atoms. The quantitative estimate of drug-likeness (QED) is 0.268. The van der Waals surface area contributed by atoms with Gasteiger partial charge in [-0.05, 0) is 84.8 Å². The molecule has 1 fully saturated rings. The molecule has 0 bridgehead atoms. The summed E-state index contributed by atoms with van der Waals surface area (Å²) in [6.45, 7) is 7.49. The zero-order valence-electron chi connectivity index (χ0n) is 24.2. The fourth-order valence-electron chi connectivity index (χ4n) is 6.04. The molecular formula is C31H40N6O3. The molecule has 9 nitrogen and oxygen atoms in total. The number of nitrogens with zero attached hydrogens (tertiary/aromatic N) is 5. The van der Waals surface area contributed by atoms with Crippen LogP contribution in [0.15, 0.2) is 41.2 Å². The summed E-state index contributed by atoms with van der Waals surface area (Å²) in [5.74, 6) is 2.30. The average molecular weight is 545 g/mol. The highest BCUT2D eigenvalue weighted by Crippen LogP contribution is 2.34. The molecule has 4 aromatic rings. The first-order valence-electron chi connectivity index (χ1n) is 14.3. The summed E-state index contributed by atoms with van der Waals surface area (Å²) in [6, 6.07) is 12.6. The Morgan fingerprint density at radius 1 is 1.05 bits per heavy atom. The summed E-state index contributed by atoms with van der Waals surface area (Å²) in [7, 11) is 3.30. The normalized spacial score (nSPS) is 14.8. The second-order valence-corrected chi connectivity index (χ2v) is 10.9. The van der Waals surface area contributed by atoms with Crippen LogP contribution in [-0.2, 0) is 13.0 Å². The molecule has 212 valence electrons. The maximum absolute atomic E-state index is 13.4. The number of pyridine rings is 1. The number of H-pyrrole nitrogens is 1. The number of methoxy groups -OCH3 is 2. The van der Waals surface area contributed by atoms with Gasteiger partial charge >= 0.3 is 0 Å². The van der Waals surface area contributed by atoms with Gasteiger partial charge in [0.25, 0.3) is 5.56 Å². The van der Waals surface area contributed by atoms with Gasteiger partial charge in [0.05, 0.1) is 31.8 Å². The minimum Gasteiger partial charge on any atom is -0.493 e. The van der Waals surface area contributed by atoms with Gasteiger partial charge in [-0.3, -0.25) is 9.69 Å². The van der Waals surface area contributed by atoms with E-state index in [1.54, 1.807) is 14.2 Å². The van der Waals surface area contributed by atoms with Gasteiger partial charge in [-0.15, -0.1) is 5.10 Å². The van der Waals surface area contributed by atoms with Crippen molar-refractivity contribution in [3.63, 3.8) is 0 Å². The number of ether oxygens (including phenoxy) is 2. The highest BCUT2D eigenvalue weighted by atomic mass is 16.5. The van der Waals surface area contributed by atoms with E-state index in [4.69, 9.17) is 9.47 Å². The lowest BCUT2D eigenvalue weighted by Crippen LogP contribution is -2.34. The van der Waals surface area contributed by atoms with Crippen molar-refractivity contribution in [3.05, 3.63) is 74.8 Å². The first-order chi connectivity index (χ1) is 19.4. The standard InChI is InChI=1S/C31H40N6O3/c1-6-26(30-33-34-35-37(30)24-9-7-8-10-24)36(16-15-22-13-14-27(39-4)28(17-22)40-5)19-23-18-25-20(2)11-12-21(3)29(25)32-31(23)38/h11-14,17-18,24,26H,6-10,15-16,19H2,1-5H3,(H,32,38). The van der Waals surface area contributed by atoms with Crippen molar-refractivity contribution in [2.45, 2.75) is 77.9 Å². The molecule has 1 N–H and O–H groups in total. The Morgan fingerprint density at radius 3 is 2.52 bits per heavy atom. The van der Waals surface area contributed by atoms with Crippen molar-refractivity contribution >= 4 is 10.9 Å². The van der Waals surface area contributed by atoms with Crippen LogP contribution in [0, 0.1) is 13.8 Å². The molecular weight excluding hydrogens is 504 g/mol. The topological polar surface area (TPSA) is 98.2 Å². The molecule has 1 aliphatic rings. The molecule has 5 rings (SSSR count). The number of hydrogen-bond acceptors (Lipinski definition) is 7. The maximum atomic E-state index is 13.4. The first kappa shape index (κ1) is 27.8. The van der Waals surface area contributed by atoms with Crippen molar-refractivity contribution in [1.82, 2.24) is 30.1 Å². The van der Waals surface area contributed by atoms with E-state index < -0.39 is 0 Å². The van der Waals surface area contributed by atoms with Gasteiger partial charge in [0.2, 0.25) is 0 Å². The van der Waals surface area contributed by atoms with Crippen molar-refractivity contribution in [2.24, 2.45) is 0 Å². The van der Waals surface area contributed by atoms with E-state index >= 15 is 0 Å². The summed E-state index contributed by atoms with van der Waals surface area (Å²) in [5.41, 5.74) is 4.94. The summed E-state index contributed by atoms with van der Waals surface area (Å²) in [5, 5.41) is 14.1. The van der Waals surface area contributed by atoms with Gasteiger partial charge < -0.3 is 14.5 Å². The van der Waals surface area contributed by atoms with Gasteiger partial charge in [-0.2, -0.15) is 0 Å². The average Bonchev–Trinajstić information content (AvgIpc) is 3.67. The Labute approximate surface area is 235 Å². The second kappa shape index (κ2) is 12.2. The summed E-state index contributed by atoms with van der Waals surface area (Å²) in [4.78, 5) is 18.9. The van der Waals surface area contributed by atoms with Crippen LogP contribution in [0.3, 0.4) is 0 Å². The fraction of sp³-hybridized carbons (Fsp3) is 0.484. The molecule has 2 aromatic carbocycles. The molecule has 9 heteroatoms. The van der Waals surface area contributed by atoms with Crippen LogP contribution in [0.2, 0.25) is 0 Å². The van der Waals surface area contributed by atoms with Gasteiger partial charge in [0.15, 0.2) is 17.3 Å². The Balaban J connectivity index is 1.51. The third-order valence-electron chi connectivity index (χ3n) is 8.34. The van der Waals surface area contributed by atoms with Crippen LogP contribution in [-0.4, -0.2) is 50.9 Å². The fourth-order valence-corrected chi connectivity index (χ4v) is 6.04. The van der Waals surface area contributed by atoms with E-state index in [1.807, 2.05) is 23.7 Å². The van der Waals surface area contributed by atoms with Gasteiger partial charge in [0, 0.05) is 24.0 Å². The van der Waals surface area contributed by atoms with E-state index in [9.17, 15) is 4.79 Å². The summed E-state index contributed by atoms with van der Waals surface area (Å²) >= 11 is 0. The lowest BCUT2D eigenvalue weighted by Gasteiger charge is -2.31. The summed E-state index contributed by atoms with van der Waals surface area (Å²) in [6.07, 6.45) is 6.20. The lowest BCUT2D eigenvalue weighted by molar-refractivity contribution is 0.169. The molecule has 0 saturated heterocycles. The van der Waals surface area contributed by atoms with E-state index in [2.05, 4.69) is 63.5 Å². The largest absolute Gasteiger partial charge is 0.493 e. The van der Waals surface area contributed by atoms with Gasteiger partial charge in [-0.25, -0.2) is 4.68 Å². The third kappa shape index (κ3) is 5.61. The molecule has 1 unspecified atom stereocenters. The number of aromatic nitrogens is 5. The van der Waals surface area contributed by atoms with Crippen molar-refractivity contribution in [2.75, 3.05) is 20.8 Å². The molecule has 2 heterocycles. The molecule has 0 amide bonds. The summed E-state index contributed by atoms with van der Waals surface area (Å²) < 4.78 is 13.0. The first-order valence-corrected chi connectivity index (χ1v) is 14.3. The van der Waals surface area contributed by atoms with Crippen LogP contribution >= 0.6 is 0 Å². The number of benzene rings is 2. The number of rotatable bonds is 11. The highest BCUT2D eigenvalue weighted by molar-refractivity contribution is 5.85. The number of aryl methyl sites for hydroxylation is 2.